The minimum Gasteiger partial charge on any atom is -0.497 e. The highest BCUT2D eigenvalue weighted by Crippen LogP contribution is 2.55. The third kappa shape index (κ3) is 4.22. The van der Waals surface area contributed by atoms with Crippen molar-refractivity contribution in [3.63, 3.8) is 0 Å². The van der Waals surface area contributed by atoms with Gasteiger partial charge in [-0.05, 0) is 37.8 Å². The summed E-state index contributed by atoms with van der Waals surface area (Å²) in [6.45, 7) is 0.982. The first-order chi connectivity index (χ1) is 18.0. The van der Waals surface area contributed by atoms with Gasteiger partial charge in [0.25, 0.3) is 0 Å². The fourth-order valence-corrected chi connectivity index (χ4v) is 6.93. The van der Waals surface area contributed by atoms with Crippen molar-refractivity contribution in [1.82, 2.24) is 10.2 Å². The zero-order chi connectivity index (χ0) is 25.6. The van der Waals surface area contributed by atoms with E-state index in [9.17, 15) is 14.4 Å². The van der Waals surface area contributed by atoms with Crippen molar-refractivity contribution in [3.05, 3.63) is 36.4 Å². The molecule has 1 aliphatic carbocycles. The van der Waals surface area contributed by atoms with Crippen LogP contribution in [0.2, 0.25) is 0 Å². The molecule has 3 saturated heterocycles. The van der Waals surface area contributed by atoms with Crippen LogP contribution in [0.3, 0.4) is 0 Å². The molecule has 4 aliphatic heterocycles. The maximum atomic E-state index is 14.0. The molecule has 0 unspecified atom stereocenters. The van der Waals surface area contributed by atoms with E-state index < -0.39 is 29.6 Å². The Labute approximate surface area is 216 Å². The molecular formula is C28H35N3O6. The number of ether oxygens (including phenoxy) is 3. The molecule has 1 aromatic rings. The number of amides is 3. The summed E-state index contributed by atoms with van der Waals surface area (Å²) in [6.07, 6.45) is 10.1. The summed E-state index contributed by atoms with van der Waals surface area (Å²) >= 11 is 0. The number of rotatable bonds is 7. The molecule has 2 N–H and O–H groups in total. The maximum Gasteiger partial charge on any atom is 0.246 e. The number of methoxy groups -OCH3 is 1. The van der Waals surface area contributed by atoms with Crippen molar-refractivity contribution in [2.24, 2.45) is 11.8 Å². The van der Waals surface area contributed by atoms with Gasteiger partial charge in [0.15, 0.2) is 0 Å². The van der Waals surface area contributed by atoms with Crippen molar-refractivity contribution < 1.29 is 28.6 Å². The van der Waals surface area contributed by atoms with Gasteiger partial charge < -0.3 is 29.7 Å². The first-order valence-electron chi connectivity index (χ1n) is 13.5. The number of hydrogen-bond donors (Lipinski definition) is 2. The van der Waals surface area contributed by atoms with Gasteiger partial charge in [-0.15, -0.1) is 0 Å². The first-order valence-corrected chi connectivity index (χ1v) is 13.5. The van der Waals surface area contributed by atoms with Crippen LogP contribution in [0.4, 0.5) is 5.69 Å². The van der Waals surface area contributed by atoms with E-state index in [1.54, 1.807) is 36.3 Å². The lowest BCUT2D eigenvalue weighted by atomic mass is 9.74. The molecule has 3 amide bonds. The van der Waals surface area contributed by atoms with E-state index in [2.05, 4.69) is 10.6 Å². The quantitative estimate of drug-likeness (QED) is 0.547. The van der Waals surface area contributed by atoms with Gasteiger partial charge >= 0.3 is 0 Å². The Morgan fingerprint density at radius 1 is 1.14 bits per heavy atom. The van der Waals surface area contributed by atoms with Crippen LogP contribution in [0.15, 0.2) is 36.4 Å². The molecule has 37 heavy (non-hydrogen) atoms. The molecule has 6 atom stereocenters. The number of nitrogens with one attached hydrogen (secondary N) is 2. The number of carbonyl (C=O) groups excluding carboxylic acids is 3. The largest absolute Gasteiger partial charge is 0.497 e. The molecule has 1 spiro atoms. The van der Waals surface area contributed by atoms with Crippen LogP contribution in [0.5, 0.6) is 5.75 Å². The second-order valence-corrected chi connectivity index (χ2v) is 10.9. The average molecular weight is 510 g/mol. The van der Waals surface area contributed by atoms with Crippen LogP contribution in [0, 0.1) is 11.8 Å². The van der Waals surface area contributed by atoms with E-state index in [-0.39, 0.29) is 29.9 Å². The lowest BCUT2D eigenvalue weighted by Gasteiger charge is -2.34. The molecule has 5 aliphatic rings. The monoisotopic (exact) mass is 509 g/mol. The van der Waals surface area contributed by atoms with Crippen molar-refractivity contribution in [2.75, 3.05) is 25.6 Å². The molecule has 1 aromatic carbocycles. The number of nitrogens with zero attached hydrogens (tertiary/aromatic N) is 1. The highest BCUT2D eigenvalue weighted by Gasteiger charge is 2.73. The maximum absolute atomic E-state index is 14.0. The highest BCUT2D eigenvalue weighted by atomic mass is 16.5. The summed E-state index contributed by atoms with van der Waals surface area (Å²) in [6, 6.07) is 6.38. The van der Waals surface area contributed by atoms with E-state index in [1.807, 2.05) is 12.2 Å². The zero-order valence-electron chi connectivity index (χ0n) is 21.2. The summed E-state index contributed by atoms with van der Waals surface area (Å²) in [5.41, 5.74) is -0.575. The standard InChI is InChI=1S/C28H35N3O6/c1-35-19-10-5-9-18(15-19)30-25(32)22-21-12-13-28(37-21)23(22)27(34)31(16-20-11-6-14-36-20)24(28)26(33)29-17-7-3-2-4-8-17/h5,9-10,12-13,15,17,20-24H,2-4,6-8,11,14,16H2,1H3,(H,29,33)(H,30,32)/t20-,21-,22+,23-,24+,28-/m0/s1. The van der Waals surface area contributed by atoms with Crippen LogP contribution in [-0.2, 0) is 23.9 Å². The Balaban J connectivity index is 1.29. The Kier molecular flexibility index (Phi) is 6.44. The minimum atomic E-state index is -1.16. The predicted octanol–water partition coefficient (Wildman–Crippen LogP) is 2.41. The minimum absolute atomic E-state index is 0.103. The summed E-state index contributed by atoms with van der Waals surface area (Å²) in [5.74, 6) is -1.58. The van der Waals surface area contributed by atoms with E-state index >= 15 is 0 Å². The van der Waals surface area contributed by atoms with Crippen molar-refractivity contribution in [2.45, 2.75) is 74.8 Å². The van der Waals surface area contributed by atoms with Crippen LogP contribution in [0.1, 0.15) is 44.9 Å². The van der Waals surface area contributed by atoms with Crippen molar-refractivity contribution in [3.8, 4) is 5.75 Å². The lowest BCUT2D eigenvalue weighted by molar-refractivity contribution is -0.143. The second-order valence-electron chi connectivity index (χ2n) is 10.9. The number of likely N-dealkylation sites (tertiary alicyclic amines) is 1. The summed E-state index contributed by atoms with van der Waals surface area (Å²) in [5, 5.41) is 6.16. The van der Waals surface area contributed by atoms with Crippen molar-refractivity contribution >= 4 is 23.4 Å². The molecular weight excluding hydrogens is 474 g/mol. The van der Waals surface area contributed by atoms with Gasteiger partial charge in [-0.3, -0.25) is 14.4 Å². The zero-order valence-corrected chi connectivity index (χ0v) is 21.2. The first kappa shape index (κ1) is 24.4. The molecule has 4 fully saturated rings. The third-order valence-corrected chi connectivity index (χ3v) is 8.64. The summed E-state index contributed by atoms with van der Waals surface area (Å²) < 4.78 is 17.5. The predicted molar refractivity (Wildman–Crippen MR) is 135 cm³/mol. The van der Waals surface area contributed by atoms with Gasteiger partial charge in [0.1, 0.15) is 17.4 Å². The van der Waals surface area contributed by atoms with E-state index in [4.69, 9.17) is 14.2 Å². The van der Waals surface area contributed by atoms with Gasteiger partial charge in [-0.25, -0.2) is 0 Å². The third-order valence-electron chi connectivity index (χ3n) is 8.64. The smallest absolute Gasteiger partial charge is 0.246 e. The SMILES string of the molecule is COc1cccc(NC(=O)[C@@H]2[C@@H]3C=C[C@]4(O3)[C@@H]2C(=O)N(C[C@@H]2CCCO2)[C@@H]4C(=O)NC2CCCCC2)c1. The van der Waals surface area contributed by atoms with Crippen LogP contribution < -0.4 is 15.4 Å². The molecule has 1 saturated carbocycles. The number of anilines is 1. The Hall–Kier alpha value is -2.91. The molecule has 2 bridgehead atoms. The van der Waals surface area contributed by atoms with Gasteiger partial charge in [0.05, 0.1) is 31.2 Å². The van der Waals surface area contributed by atoms with Gasteiger partial charge in [0, 0.05) is 30.9 Å². The van der Waals surface area contributed by atoms with E-state index in [1.165, 1.54) is 6.42 Å². The lowest BCUT2D eigenvalue weighted by Crippen LogP contribution is -2.57. The topological polar surface area (TPSA) is 106 Å². The normalized spacial score (nSPS) is 34.6. The summed E-state index contributed by atoms with van der Waals surface area (Å²) in [7, 11) is 1.57. The Bertz CT molecular complexity index is 1100. The molecule has 0 radical (unpaired) electrons. The average Bonchev–Trinajstić information content (AvgIpc) is 3.68. The molecule has 9 heteroatoms. The molecule has 198 valence electrons. The Morgan fingerprint density at radius 2 is 1.97 bits per heavy atom. The fourth-order valence-electron chi connectivity index (χ4n) is 6.93. The van der Waals surface area contributed by atoms with Crippen LogP contribution in [-0.4, -0.2) is 72.8 Å². The fraction of sp³-hybridized carbons (Fsp3) is 0.607. The van der Waals surface area contributed by atoms with Gasteiger partial charge in [-0.2, -0.15) is 0 Å². The van der Waals surface area contributed by atoms with Crippen LogP contribution >= 0.6 is 0 Å². The van der Waals surface area contributed by atoms with Crippen LogP contribution in [0.25, 0.3) is 0 Å². The Morgan fingerprint density at radius 3 is 2.73 bits per heavy atom. The molecule has 0 aromatic heterocycles. The number of fused-ring (bicyclic) bond motifs is 1. The van der Waals surface area contributed by atoms with Gasteiger partial charge in [0.2, 0.25) is 17.7 Å². The highest BCUT2D eigenvalue weighted by molar-refractivity contribution is 6.02. The molecule has 6 rings (SSSR count). The number of hydrogen-bond acceptors (Lipinski definition) is 6. The number of benzene rings is 1. The molecule has 9 nitrogen and oxygen atoms in total. The van der Waals surface area contributed by atoms with Crippen molar-refractivity contribution in [1.29, 1.82) is 0 Å². The second kappa shape index (κ2) is 9.76. The van der Waals surface area contributed by atoms with E-state index in [0.717, 1.165) is 38.5 Å². The molecule has 4 heterocycles. The van der Waals surface area contributed by atoms with E-state index in [0.29, 0.717) is 24.6 Å². The summed E-state index contributed by atoms with van der Waals surface area (Å²) in [4.78, 5) is 43.1. The van der Waals surface area contributed by atoms with Gasteiger partial charge in [-0.1, -0.05) is 37.5 Å². The number of carbonyl (C=O) groups is 3.